The quantitative estimate of drug-likeness (QED) is 0.293. The van der Waals surface area contributed by atoms with Crippen LogP contribution in [0.3, 0.4) is 0 Å². The first-order valence-corrected chi connectivity index (χ1v) is 13.1. The van der Waals surface area contributed by atoms with E-state index in [1.165, 1.54) is 0 Å². The Morgan fingerprint density at radius 1 is 1.18 bits per heavy atom. The number of anilines is 1. The van der Waals surface area contributed by atoms with Gasteiger partial charge in [0, 0.05) is 42.8 Å². The number of amides is 1. The first-order chi connectivity index (χ1) is 18.5. The smallest absolute Gasteiger partial charge is 0.413 e. The first kappa shape index (κ1) is 28.0. The van der Waals surface area contributed by atoms with Gasteiger partial charge in [-0.25, -0.2) is 19.7 Å². The number of carbonyl (C=O) groups excluding carboxylic acids is 1. The molecule has 0 spiro atoms. The summed E-state index contributed by atoms with van der Waals surface area (Å²) in [5.41, 5.74) is 4.72. The lowest BCUT2D eigenvalue weighted by molar-refractivity contribution is 0.0748. The van der Waals surface area contributed by atoms with Crippen molar-refractivity contribution in [3.63, 3.8) is 0 Å². The molecule has 5 rings (SSSR count). The molecule has 206 valence electrons. The molecule has 0 saturated carbocycles. The predicted molar refractivity (Wildman–Crippen MR) is 153 cm³/mol. The van der Waals surface area contributed by atoms with Gasteiger partial charge in [0.2, 0.25) is 5.95 Å². The Hall–Kier alpha value is -4.05. The molecule has 1 aromatic carbocycles. The third-order valence-electron chi connectivity index (χ3n) is 6.34. The maximum atomic E-state index is 11.9. The maximum Gasteiger partial charge on any atom is 0.413 e. The van der Waals surface area contributed by atoms with Crippen molar-refractivity contribution in [2.75, 3.05) is 31.6 Å². The van der Waals surface area contributed by atoms with Gasteiger partial charge < -0.3 is 14.5 Å². The van der Waals surface area contributed by atoms with Gasteiger partial charge in [0.05, 0.1) is 23.3 Å². The monoisotopic (exact) mass is 531 g/mol. The second-order valence-electron chi connectivity index (χ2n) is 9.86. The van der Waals surface area contributed by atoms with Crippen molar-refractivity contribution >= 4 is 23.1 Å². The van der Waals surface area contributed by atoms with Gasteiger partial charge in [-0.05, 0) is 62.1 Å². The molecule has 3 aromatic heterocycles. The van der Waals surface area contributed by atoms with Crippen LogP contribution in [0.5, 0.6) is 6.01 Å². The third-order valence-corrected chi connectivity index (χ3v) is 6.34. The fraction of sp³-hybridized carbons (Fsp3) is 0.414. The molecule has 1 amide bonds. The third kappa shape index (κ3) is 6.88. The molecule has 39 heavy (non-hydrogen) atoms. The van der Waals surface area contributed by atoms with Gasteiger partial charge in [-0.3, -0.25) is 15.2 Å². The van der Waals surface area contributed by atoms with Gasteiger partial charge in [-0.1, -0.05) is 27.3 Å². The molecule has 4 heterocycles. The number of H-pyrrole nitrogens is 1. The molecular formula is C29H37N7O3. The summed E-state index contributed by atoms with van der Waals surface area (Å²) in [6.07, 6.45) is 6.93. The molecule has 1 fully saturated rings. The molecule has 10 nitrogen and oxygen atoms in total. The second kappa shape index (κ2) is 12.7. The van der Waals surface area contributed by atoms with Gasteiger partial charge in [0.15, 0.2) is 0 Å². The van der Waals surface area contributed by atoms with Crippen molar-refractivity contribution < 1.29 is 14.3 Å². The summed E-state index contributed by atoms with van der Waals surface area (Å²) < 4.78 is 11.1. The topological polar surface area (TPSA) is 118 Å². The number of nitrogens with zero attached hydrogens (tertiary/aromatic N) is 5. The highest BCUT2D eigenvalue weighted by Gasteiger charge is 2.22. The van der Waals surface area contributed by atoms with Crippen LogP contribution in [-0.4, -0.2) is 68.3 Å². The summed E-state index contributed by atoms with van der Waals surface area (Å²) in [5.74, 6) is 0.927. The Kier molecular flexibility index (Phi) is 9.08. The highest BCUT2D eigenvalue weighted by Crippen LogP contribution is 2.33. The lowest BCUT2D eigenvalue weighted by atomic mass is 10.0. The molecule has 4 aromatic rings. The van der Waals surface area contributed by atoms with Gasteiger partial charge in [-0.15, -0.1) is 0 Å². The number of aromatic nitrogens is 5. The first-order valence-electron chi connectivity index (χ1n) is 13.1. The summed E-state index contributed by atoms with van der Waals surface area (Å²) in [7, 11) is 0. The standard InChI is InChI=1S/C28H33N7O3.CH4/c1-4-37-28(36)34-26-32-24-13-19(12-22(25(24)33-26)23-9-5-6-10-29-23)20-14-30-27(31-15-20)38-21-8-7-11-35(17-21)16-18(2)3;/h5-6,9-10,12-15,18,21H,4,7-8,11,16-17H2,1-3H3,(H2,32,33,34,36);1H4. The molecule has 1 saturated heterocycles. The number of likely N-dealkylation sites (tertiary alicyclic amines) is 1. The van der Waals surface area contributed by atoms with E-state index >= 15 is 0 Å². The minimum absolute atomic E-state index is 0. The number of piperidine rings is 1. The lowest BCUT2D eigenvalue weighted by Gasteiger charge is -2.33. The predicted octanol–water partition coefficient (Wildman–Crippen LogP) is 5.79. The molecule has 2 N–H and O–H groups in total. The van der Waals surface area contributed by atoms with Crippen molar-refractivity contribution in [2.24, 2.45) is 5.92 Å². The van der Waals surface area contributed by atoms with E-state index in [1.54, 1.807) is 25.5 Å². The van der Waals surface area contributed by atoms with Crippen molar-refractivity contribution in [3.05, 3.63) is 48.9 Å². The number of pyridine rings is 1. The zero-order chi connectivity index (χ0) is 26.5. The van der Waals surface area contributed by atoms with E-state index in [1.807, 2.05) is 30.3 Å². The van der Waals surface area contributed by atoms with Crippen LogP contribution in [0.15, 0.2) is 48.9 Å². The number of imidazole rings is 1. The average Bonchev–Trinajstić information content (AvgIpc) is 3.31. The van der Waals surface area contributed by atoms with E-state index in [0.717, 1.165) is 60.4 Å². The summed E-state index contributed by atoms with van der Waals surface area (Å²) in [4.78, 5) is 35.7. The van der Waals surface area contributed by atoms with Gasteiger partial charge >= 0.3 is 12.1 Å². The Morgan fingerprint density at radius 2 is 2.00 bits per heavy atom. The Morgan fingerprint density at radius 3 is 2.72 bits per heavy atom. The lowest BCUT2D eigenvalue weighted by Crippen LogP contribution is -2.42. The average molecular weight is 532 g/mol. The van der Waals surface area contributed by atoms with Gasteiger partial charge in [-0.2, -0.15) is 0 Å². The number of fused-ring (bicyclic) bond motifs is 1. The molecule has 1 unspecified atom stereocenters. The fourth-order valence-corrected chi connectivity index (χ4v) is 4.79. The van der Waals surface area contributed by atoms with Crippen molar-refractivity contribution in [1.29, 1.82) is 0 Å². The van der Waals surface area contributed by atoms with E-state index in [9.17, 15) is 4.79 Å². The van der Waals surface area contributed by atoms with E-state index in [0.29, 0.717) is 23.4 Å². The number of hydrogen-bond donors (Lipinski definition) is 2. The van der Waals surface area contributed by atoms with Crippen LogP contribution in [0, 0.1) is 5.92 Å². The summed E-state index contributed by atoms with van der Waals surface area (Å²) in [6.45, 7) is 9.59. The van der Waals surface area contributed by atoms with E-state index < -0.39 is 6.09 Å². The van der Waals surface area contributed by atoms with Crippen LogP contribution in [0.4, 0.5) is 10.7 Å². The number of aromatic amines is 1. The molecule has 0 aliphatic carbocycles. The molecule has 10 heteroatoms. The number of nitrogens with one attached hydrogen (secondary N) is 2. The van der Waals surface area contributed by atoms with Crippen LogP contribution in [0.2, 0.25) is 0 Å². The van der Waals surface area contributed by atoms with Crippen LogP contribution in [0.1, 0.15) is 41.0 Å². The zero-order valence-electron chi connectivity index (χ0n) is 22.0. The highest BCUT2D eigenvalue weighted by molar-refractivity contribution is 5.97. The fourth-order valence-electron chi connectivity index (χ4n) is 4.79. The Labute approximate surface area is 229 Å². The van der Waals surface area contributed by atoms with E-state index in [2.05, 4.69) is 49.0 Å². The SMILES string of the molecule is C.CCOC(=O)Nc1nc2c(-c3ccccn3)cc(-c3cnc(OC4CCCN(CC(C)C)C4)nc3)cc2[nH]1. The number of rotatable bonds is 8. The number of hydrogen-bond acceptors (Lipinski definition) is 8. The molecule has 1 atom stereocenters. The largest absolute Gasteiger partial charge is 0.459 e. The van der Waals surface area contributed by atoms with E-state index in [-0.39, 0.29) is 20.1 Å². The van der Waals surface area contributed by atoms with Crippen LogP contribution >= 0.6 is 0 Å². The summed E-state index contributed by atoms with van der Waals surface area (Å²) in [5, 5.41) is 2.64. The van der Waals surface area contributed by atoms with Crippen LogP contribution in [-0.2, 0) is 4.74 Å². The number of carbonyl (C=O) groups is 1. The minimum Gasteiger partial charge on any atom is -0.459 e. The Balaban J connectivity index is 0.00000353. The number of benzene rings is 1. The molecule has 1 aliphatic heterocycles. The number of ether oxygens (including phenoxy) is 2. The molecule has 0 radical (unpaired) electrons. The molecule has 1 aliphatic rings. The second-order valence-corrected chi connectivity index (χ2v) is 9.86. The van der Waals surface area contributed by atoms with Crippen LogP contribution < -0.4 is 10.1 Å². The normalized spacial score (nSPS) is 15.6. The van der Waals surface area contributed by atoms with Crippen molar-refractivity contribution in [3.8, 4) is 28.4 Å². The van der Waals surface area contributed by atoms with Crippen molar-refractivity contribution in [2.45, 2.75) is 47.1 Å². The van der Waals surface area contributed by atoms with Crippen molar-refractivity contribution in [1.82, 2.24) is 29.8 Å². The van der Waals surface area contributed by atoms with Gasteiger partial charge in [0.1, 0.15) is 6.10 Å². The highest BCUT2D eigenvalue weighted by atomic mass is 16.5. The van der Waals surface area contributed by atoms with Gasteiger partial charge in [0.25, 0.3) is 0 Å². The summed E-state index contributed by atoms with van der Waals surface area (Å²) >= 11 is 0. The Bertz CT molecular complexity index is 1370. The maximum absolute atomic E-state index is 11.9. The molecule has 0 bridgehead atoms. The zero-order valence-corrected chi connectivity index (χ0v) is 22.0. The molecular weight excluding hydrogens is 494 g/mol. The van der Waals surface area contributed by atoms with E-state index in [4.69, 9.17) is 9.47 Å². The minimum atomic E-state index is -0.569. The summed E-state index contributed by atoms with van der Waals surface area (Å²) in [6, 6.07) is 10.1. The van der Waals surface area contributed by atoms with Crippen LogP contribution in [0.25, 0.3) is 33.4 Å².